The highest BCUT2D eigenvalue weighted by molar-refractivity contribution is 6.33. The van der Waals surface area contributed by atoms with Crippen molar-refractivity contribution in [1.29, 1.82) is 0 Å². The van der Waals surface area contributed by atoms with Gasteiger partial charge in [0.15, 0.2) is 0 Å². The SMILES string of the molecule is CCCCc1cccc(C)c1OCCNc1ncnc(C)c1Cl. The van der Waals surface area contributed by atoms with E-state index in [2.05, 4.69) is 47.3 Å². The van der Waals surface area contributed by atoms with E-state index in [-0.39, 0.29) is 0 Å². The maximum absolute atomic E-state index is 6.17. The first kappa shape index (κ1) is 17.5. The molecule has 1 heterocycles. The maximum atomic E-state index is 6.17. The van der Waals surface area contributed by atoms with Crippen molar-refractivity contribution in [3.05, 3.63) is 46.4 Å². The molecule has 0 aliphatic heterocycles. The van der Waals surface area contributed by atoms with Gasteiger partial charge in [-0.25, -0.2) is 9.97 Å². The molecule has 0 aliphatic carbocycles. The Bertz CT molecular complexity index is 646. The summed E-state index contributed by atoms with van der Waals surface area (Å²) in [7, 11) is 0. The summed E-state index contributed by atoms with van der Waals surface area (Å²) in [5.74, 6) is 1.66. The summed E-state index contributed by atoms with van der Waals surface area (Å²) in [5.41, 5.74) is 3.23. The first-order valence-electron chi connectivity index (χ1n) is 8.05. The minimum absolute atomic E-state index is 0.559. The summed E-state index contributed by atoms with van der Waals surface area (Å²) in [6.45, 7) is 7.34. The Morgan fingerprint density at radius 2 is 2.04 bits per heavy atom. The molecular weight excluding hydrogens is 310 g/mol. The van der Waals surface area contributed by atoms with E-state index in [4.69, 9.17) is 16.3 Å². The molecule has 2 aromatic rings. The van der Waals surface area contributed by atoms with Gasteiger partial charge in [-0.1, -0.05) is 43.1 Å². The van der Waals surface area contributed by atoms with Crippen molar-refractivity contribution in [2.24, 2.45) is 0 Å². The number of para-hydroxylation sites is 1. The van der Waals surface area contributed by atoms with Gasteiger partial charge in [-0.15, -0.1) is 0 Å². The molecule has 0 aliphatic rings. The Morgan fingerprint density at radius 1 is 1.22 bits per heavy atom. The largest absolute Gasteiger partial charge is 0.491 e. The number of unbranched alkanes of at least 4 members (excludes halogenated alkanes) is 1. The van der Waals surface area contributed by atoms with Gasteiger partial charge in [-0.3, -0.25) is 0 Å². The second-order valence-electron chi connectivity index (χ2n) is 5.56. The van der Waals surface area contributed by atoms with Crippen LogP contribution in [0.5, 0.6) is 5.75 Å². The zero-order chi connectivity index (χ0) is 16.7. The fourth-order valence-electron chi connectivity index (χ4n) is 2.39. The Hall–Kier alpha value is -1.81. The third-order valence-electron chi connectivity index (χ3n) is 3.70. The molecule has 0 bridgehead atoms. The van der Waals surface area contributed by atoms with E-state index in [1.165, 1.54) is 30.3 Å². The van der Waals surface area contributed by atoms with Gasteiger partial charge in [0.1, 0.15) is 29.5 Å². The van der Waals surface area contributed by atoms with E-state index >= 15 is 0 Å². The number of nitrogens with one attached hydrogen (secondary N) is 1. The standard InChI is InChI=1S/C18H24ClN3O/c1-4-5-8-15-9-6-7-13(2)17(15)23-11-10-20-18-16(19)14(3)21-12-22-18/h6-7,9,12H,4-5,8,10-11H2,1-3H3,(H,20,21,22). The second-order valence-corrected chi connectivity index (χ2v) is 5.94. The highest BCUT2D eigenvalue weighted by Gasteiger charge is 2.08. The average Bonchev–Trinajstić information content (AvgIpc) is 2.54. The Morgan fingerprint density at radius 3 is 2.83 bits per heavy atom. The number of halogens is 1. The molecule has 0 saturated carbocycles. The van der Waals surface area contributed by atoms with Crippen LogP contribution >= 0.6 is 11.6 Å². The zero-order valence-electron chi connectivity index (χ0n) is 14.0. The highest BCUT2D eigenvalue weighted by Crippen LogP contribution is 2.25. The summed E-state index contributed by atoms with van der Waals surface area (Å²) in [6.07, 6.45) is 4.92. The summed E-state index contributed by atoms with van der Waals surface area (Å²) < 4.78 is 6.01. The van der Waals surface area contributed by atoms with Crippen molar-refractivity contribution in [3.8, 4) is 5.75 Å². The van der Waals surface area contributed by atoms with Gasteiger partial charge >= 0.3 is 0 Å². The minimum atomic E-state index is 0.559. The van der Waals surface area contributed by atoms with Crippen molar-refractivity contribution in [2.45, 2.75) is 40.0 Å². The third-order valence-corrected chi connectivity index (χ3v) is 4.15. The molecule has 1 aromatic carbocycles. The van der Waals surface area contributed by atoms with Crippen LogP contribution in [-0.2, 0) is 6.42 Å². The first-order valence-corrected chi connectivity index (χ1v) is 8.43. The normalized spacial score (nSPS) is 10.6. The number of aromatic nitrogens is 2. The van der Waals surface area contributed by atoms with Gasteiger partial charge in [-0.2, -0.15) is 0 Å². The van der Waals surface area contributed by atoms with Gasteiger partial charge in [-0.05, 0) is 37.8 Å². The number of rotatable bonds is 8. The molecule has 0 amide bonds. The maximum Gasteiger partial charge on any atom is 0.148 e. The molecule has 0 saturated heterocycles. The van der Waals surface area contributed by atoms with Gasteiger partial charge in [0.25, 0.3) is 0 Å². The summed E-state index contributed by atoms with van der Waals surface area (Å²) >= 11 is 6.17. The van der Waals surface area contributed by atoms with E-state index in [9.17, 15) is 0 Å². The lowest BCUT2D eigenvalue weighted by Crippen LogP contribution is -2.14. The molecule has 2 rings (SSSR count). The molecule has 1 N–H and O–H groups in total. The van der Waals surface area contributed by atoms with E-state index in [1.54, 1.807) is 0 Å². The lowest BCUT2D eigenvalue weighted by Gasteiger charge is -2.15. The van der Waals surface area contributed by atoms with E-state index in [1.807, 2.05) is 6.92 Å². The zero-order valence-corrected chi connectivity index (χ0v) is 14.8. The molecule has 0 spiro atoms. The van der Waals surface area contributed by atoms with Crippen LogP contribution in [0.3, 0.4) is 0 Å². The van der Waals surface area contributed by atoms with Crippen LogP contribution in [0.1, 0.15) is 36.6 Å². The number of hydrogen-bond acceptors (Lipinski definition) is 4. The Labute approximate surface area is 143 Å². The second kappa shape index (κ2) is 8.73. The molecule has 4 nitrogen and oxygen atoms in total. The quantitative estimate of drug-likeness (QED) is 0.718. The van der Waals surface area contributed by atoms with Crippen LogP contribution in [-0.4, -0.2) is 23.1 Å². The molecule has 0 atom stereocenters. The molecule has 23 heavy (non-hydrogen) atoms. The van der Waals surface area contributed by atoms with Crippen molar-refractivity contribution in [3.63, 3.8) is 0 Å². The highest BCUT2D eigenvalue weighted by atomic mass is 35.5. The third kappa shape index (κ3) is 4.83. The average molecular weight is 334 g/mol. The van der Waals surface area contributed by atoms with Crippen LogP contribution in [0.25, 0.3) is 0 Å². The molecule has 1 aromatic heterocycles. The van der Waals surface area contributed by atoms with E-state index in [0.29, 0.717) is 24.0 Å². The van der Waals surface area contributed by atoms with Crippen molar-refractivity contribution < 1.29 is 4.74 Å². The summed E-state index contributed by atoms with van der Waals surface area (Å²) in [5, 5.41) is 3.76. The van der Waals surface area contributed by atoms with Gasteiger partial charge in [0.2, 0.25) is 0 Å². The van der Waals surface area contributed by atoms with Crippen LogP contribution < -0.4 is 10.1 Å². The van der Waals surface area contributed by atoms with Crippen LogP contribution in [0.2, 0.25) is 5.02 Å². The van der Waals surface area contributed by atoms with Gasteiger partial charge in [0.05, 0.1) is 12.2 Å². The minimum Gasteiger partial charge on any atom is -0.491 e. The molecule has 0 unspecified atom stereocenters. The molecule has 0 radical (unpaired) electrons. The molecular formula is C18H24ClN3O. The Kier molecular flexibility index (Phi) is 6.66. The number of hydrogen-bond donors (Lipinski definition) is 1. The van der Waals surface area contributed by atoms with E-state index < -0.39 is 0 Å². The topological polar surface area (TPSA) is 47.0 Å². The number of benzene rings is 1. The molecule has 124 valence electrons. The van der Waals surface area contributed by atoms with Crippen molar-refractivity contribution >= 4 is 17.4 Å². The number of anilines is 1. The number of nitrogens with zero attached hydrogens (tertiary/aromatic N) is 2. The fourth-order valence-corrected chi connectivity index (χ4v) is 2.55. The van der Waals surface area contributed by atoms with Crippen LogP contribution in [0.15, 0.2) is 24.5 Å². The fraction of sp³-hybridized carbons (Fsp3) is 0.444. The predicted octanol–water partition coefficient (Wildman–Crippen LogP) is 4.58. The lowest BCUT2D eigenvalue weighted by atomic mass is 10.0. The van der Waals surface area contributed by atoms with Gasteiger partial charge in [0, 0.05) is 0 Å². The first-order chi connectivity index (χ1) is 11.1. The summed E-state index contributed by atoms with van der Waals surface area (Å²) in [6, 6.07) is 6.33. The predicted molar refractivity (Wildman–Crippen MR) is 95.6 cm³/mol. The smallest absolute Gasteiger partial charge is 0.148 e. The summed E-state index contributed by atoms with van der Waals surface area (Å²) in [4.78, 5) is 8.20. The van der Waals surface area contributed by atoms with Crippen LogP contribution in [0, 0.1) is 13.8 Å². The van der Waals surface area contributed by atoms with Crippen LogP contribution in [0.4, 0.5) is 5.82 Å². The Balaban J connectivity index is 1.92. The molecule has 5 heteroatoms. The van der Waals surface area contributed by atoms with Gasteiger partial charge < -0.3 is 10.1 Å². The van der Waals surface area contributed by atoms with Crippen molar-refractivity contribution in [1.82, 2.24) is 9.97 Å². The lowest BCUT2D eigenvalue weighted by molar-refractivity contribution is 0.326. The number of aryl methyl sites for hydroxylation is 3. The monoisotopic (exact) mass is 333 g/mol. The van der Waals surface area contributed by atoms with E-state index in [0.717, 1.165) is 17.9 Å². The molecule has 0 fully saturated rings. The van der Waals surface area contributed by atoms with Crippen molar-refractivity contribution in [2.75, 3.05) is 18.5 Å². The number of ether oxygens (including phenoxy) is 1.